The number of hydrogen-bond acceptors (Lipinski definition) is 2. The van der Waals surface area contributed by atoms with E-state index in [2.05, 4.69) is 4.90 Å². The molecule has 1 saturated heterocycles. The van der Waals surface area contributed by atoms with Crippen LogP contribution in [0.3, 0.4) is 0 Å². The van der Waals surface area contributed by atoms with Crippen molar-refractivity contribution in [1.29, 1.82) is 0 Å². The molecule has 1 aromatic rings. The number of likely N-dealkylation sites (tertiary alicyclic amines) is 1. The third-order valence-corrected chi connectivity index (χ3v) is 3.57. The van der Waals surface area contributed by atoms with E-state index in [1.807, 2.05) is 6.07 Å². The first-order chi connectivity index (χ1) is 8.56. The molecule has 1 heterocycles. The Morgan fingerprint density at radius 1 is 1.44 bits per heavy atom. The zero-order valence-corrected chi connectivity index (χ0v) is 10.5. The summed E-state index contributed by atoms with van der Waals surface area (Å²) in [5.41, 5.74) is 1.75. The van der Waals surface area contributed by atoms with Gasteiger partial charge in [-0.15, -0.1) is 0 Å². The van der Waals surface area contributed by atoms with E-state index in [0.29, 0.717) is 18.4 Å². The van der Waals surface area contributed by atoms with Crippen LogP contribution in [-0.4, -0.2) is 29.1 Å². The largest absolute Gasteiger partial charge is 0.481 e. The van der Waals surface area contributed by atoms with Crippen LogP contribution in [0.5, 0.6) is 0 Å². The Balaban J connectivity index is 1.91. The van der Waals surface area contributed by atoms with Crippen molar-refractivity contribution < 1.29 is 14.3 Å². The molecule has 0 atom stereocenters. The maximum absolute atomic E-state index is 13.1. The van der Waals surface area contributed by atoms with Gasteiger partial charge in [-0.2, -0.15) is 0 Å². The Morgan fingerprint density at radius 3 is 2.67 bits per heavy atom. The molecule has 1 aromatic carbocycles. The van der Waals surface area contributed by atoms with E-state index in [0.717, 1.165) is 25.2 Å². The summed E-state index contributed by atoms with van der Waals surface area (Å²) < 4.78 is 13.1. The lowest BCUT2D eigenvalue weighted by molar-refractivity contribution is -0.143. The van der Waals surface area contributed by atoms with Crippen LogP contribution in [-0.2, 0) is 11.3 Å². The number of carboxylic acids is 1. The number of aliphatic carboxylic acids is 1. The quantitative estimate of drug-likeness (QED) is 0.897. The van der Waals surface area contributed by atoms with Crippen molar-refractivity contribution in [2.75, 3.05) is 13.1 Å². The molecule has 0 spiro atoms. The van der Waals surface area contributed by atoms with Gasteiger partial charge in [-0.25, -0.2) is 4.39 Å². The molecule has 0 unspecified atom stereocenters. The second-order valence-corrected chi connectivity index (χ2v) is 4.97. The van der Waals surface area contributed by atoms with E-state index in [-0.39, 0.29) is 11.7 Å². The number of halogens is 1. The van der Waals surface area contributed by atoms with E-state index >= 15 is 0 Å². The highest BCUT2D eigenvalue weighted by atomic mass is 19.1. The second kappa shape index (κ2) is 5.48. The lowest BCUT2D eigenvalue weighted by Gasteiger charge is -2.30. The summed E-state index contributed by atoms with van der Waals surface area (Å²) in [4.78, 5) is 13.1. The number of piperidine rings is 1. The van der Waals surface area contributed by atoms with Crippen molar-refractivity contribution in [3.05, 3.63) is 35.1 Å². The van der Waals surface area contributed by atoms with Gasteiger partial charge in [-0.05, 0) is 50.0 Å². The van der Waals surface area contributed by atoms with Crippen molar-refractivity contribution in [2.24, 2.45) is 5.92 Å². The molecule has 1 N–H and O–H groups in total. The Kier molecular flexibility index (Phi) is 3.97. The SMILES string of the molecule is Cc1cc(CN2CCC(C(=O)O)CC2)ccc1F. The summed E-state index contributed by atoms with van der Waals surface area (Å²) in [5, 5.41) is 8.92. The molecule has 0 aliphatic carbocycles. The molecular formula is C14H18FNO2. The van der Waals surface area contributed by atoms with Crippen molar-refractivity contribution in [3.63, 3.8) is 0 Å². The molecule has 1 aliphatic rings. The molecular weight excluding hydrogens is 233 g/mol. The number of aryl methyl sites for hydroxylation is 1. The van der Waals surface area contributed by atoms with Gasteiger partial charge in [-0.1, -0.05) is 12.1 Å². The Bertz CT molecular complexity index is 439. The summed E-state index contributed by atoms with van der Waals surface area (Å²) in [6.07, 6.45) is 1.41. The minimum absolute atomic E-state index is 0.177. The fraction of sp³-hybridized carbons (Fsp3) is 0.500. The summed E-state index contributed by atoms with van der Waals surface area (Å²) in [6, 6.07) is 5.15. The van der Waals surface area contributed by atoms with Gasteiger partial charge < -0.3 is 5.11 Å². The number of carboxylic acid groups (broad SMARTS) is 1. The molecule has 0 bridgehead atoms. The number of carbonyl (C=O) groups is 1. The minimum atomic E-state index is -0.688. The molecule has 4 heteroatoms. The zero-order chi connectivity index (χ0) is 13.1. The lowest BCUT2D eigenvalue weighted by atomic mass is 9.97. The first kappa shape index (κ1) is 13.0. The molecule has 0 radical (unpaired) electrons. The summed E-state index contributed by atoms with van der Waals surface area (Å²) in [6.45, 7) is 4.13. The molecule has 98 valence electrons. The molecule has 1 aliphatic heterocycles. The van der Waals surface area contributed by atoms with E-state index in [4.69, 9.17) is 5.11 Å². The summed E-state index contributed by atoms with van der Waals surface area (Å²) in [7, 11) is 0. The summed E-state index contributed by atoms with van der Waals surface area (Å²) >= 11 is 0. The highest BCUT2D eigenvalue weighted by Gasteiger charge is 2.24. The standard InChI is InChI=1S/C14H18FNO2/c1-10-8-11(2-3-13(10)15)9-16-6-4-12(5-7-16)14(17)18/h2-3,8,12H,4-7,9H2,1H3,(H,17,18). The fourth-order valence-corrected chi connectivity index (χ4v) is 2.40. The van der Waals surface area contributed by atoms with E-state index in [9.17, 15) is 9.18 Å². The maximum atomic E-state index is 13.1. The number of rotatable bonds is 3. The maximum Gasteiger partial charge on any atom is 0.306 e. The first-order valence-corrected chi connectivity index (χ1v) is 6.26. The van der Waals surface area contributed by atoms with Crippen LogP contribution in [0.15, 0.2) is 18.2 Å². The normalized spacial score (nSPS) is 17.9. The van der Waals surface area contributed by atoms with Crippen LogP contribution in [0.4, 0.5) is 4.39 Å². The van der Waals surface area contributed by atoms with E-state index < -0.39 is 5.97 Å². The first-order valence-electron chi connectivity index (χ1n) is 6.26. The summed E-state index contributed by atoms with van der Waals surface area (Å²) in [5.74, 6) is -1.06. The van der Waals surface area contributed by atoms with Crippen molar-refractivity contribution in [3.8, 4) is 0 Å². The van der Waals surface area contributed by atoms with Crippen LogP contribution < -0.4 is 0 Å². The van der Waals surface area contributed by atoms with Crippen LogP contribution in [0, 0.1) is 18.7 Å². The number of hydrogen-bond donors (Lipinski definition) is 1. The molecule has 1 fully saturated rings. The van der Waals surface area contributed by atoms with Crippen LogP contribution in [0.2, 0.25) is 0 Å². The molecule has 2 rings (SSSR count). The Morgan fingerprint density at radius 2 is 2.11 bits per heavy atom. The molecule has 0 saturated carbocycles. The molecule has 18 heavy (non-hydrogen) atoms. The van der Waals surface area contributed by atoms with Gasteiger partial charge in [0.25, 0.3) is 0 Å². The van der Waals surface area contributed by atoms with E-state index in [1.54, 1.807) is 13.0 Å². The minimum Gasteiger partial charge on any atom is -0.481 e. The van der Waals surface area contributed by atoms with Crippen molar-refractivity contribution in [1.82, 2.24) is 4.90 Å². The van der Waals surface area contributed by atoms with Crippen molar-refractivity contribution in [2.45, 2.75) is 26.3 Å². The Labute approximate surface area is 106 Å². The third-order valence-electron chi connectivity index (χ3n) is 3.57. The van der Waals surface area contributed by atoms with Gasteiger partial charge in [0.1, 0.15) is 5.82 Å². The van der Waals surface area contributed by atoms with Gasteiger partial charge in [0.05, 0.1) is 5.92 Å². The van der Waals surface area contributed by atoms with Crippen LogP contribution in [0.1, 0.15) is 24.0 Å². The Hall–Kier alpha value is -1.42. The van der Waals surface area contributed by atoms with E-state index in [1.165, 1.54) is 6.07 Å². The average molecular weight is 251 g/mol. The zero-order valence-electron chi connectivity index (χ0n) is 10.5. The molecule has 0 amide bonds. The predicted octanol–water partition coefficient (Wildman–Crippen LogP) is 2.43. The molecule has 0 aromatic heterocycles. The average Bonchev–Trinajstić information content (AvgIpc) is 2.34. The third kappa shape index (κ3) is 3.07. The highest BCUT2D eigenvalue weighted by Crippen LogP contribution is 2.19. The molecule has 3 nitrogen and oxygen atoms in total. The van der Waals surface area contributed by atoms with Gasteiger partial charge >= 0.3 is 5.97 Å². The number of nitrogens with zero attached hydrogens (tertiary/aromatic N) is 1. The van der Waals surface area contributed by atoms with Gasteiger partial charge in [0.2, 0.25) is 0 Å². The monoisotopic (exact) mass is 251 g/mol. The number of benzene rings is 1. The second-order valence-electron chi connectivity index (χ2n) is 4.97. The van der Waals surface area contributed by atoms with Crippen LogP contribution >= 0.6 is 0 Å². The van der Waals surface area contributed by atoms with Crippen LogP contribution in [0.25, 0.3) is 0 Å². The highest BCUT2D eigenvalue weighted by molar-refractivity contribution is 5.70. The smallest absolute Gasteiger partial charge is 0.306 e. The topological polar surface area (TPSA) is 40.5 Å². The predicted molar refractivity (Wildman–Crippen MR) is 66.8 cm³/mol. The van der Waals surface area contributed by atoms with Crippen molar-refractivity contribution >= 4 is 5.97 Å². The van der Waals surface area contributed by atoms with Gasteiger partial charge in [0.15, 0.2) is 0 Å². The fourth-order valence-electron chi connectivity index (χ4n) is 2.40. The lowest BCUT2D eigenvalue weighted by Crippen LogP contribution is -2.35. The van der Waals surface area contributed by atoms with Gasteiger partial charge in [-0.3, -0.25) is 9.69 Å². The van der Waals surface area contributed by atoms with Gasteiger partial charge in [0, 0.05) is 6.54 Å².